The minimum atomic E-state index is -0.213. The fourth-order valence-electron chi connectivity index (χ4n) is 1.91. The lowest BCUT2D eigenvalue weighted by atomic mass is 9.98. The fraction of sp³-hybridized carbons (Fsp3) is 0.400. The molecule has 1 nitrogen and oxygen atoms in total. The molecule has 0 spiro atoms. The van der Waals surface area contributed by atoms with Crippen molar-refractivity contribution < 1.29 is 4.39 Å². The van der Waals surface area contributed by atoms with E-state index >= 15 is 0 Å². The molecule has 0 fully saturated rings. The molecular formula is C20H27ClFN. The maximum absolute atomic E-state index is 13.6. The van der Waals surface area contributed by atoms with Gasteiger partial charge in [-0.1, -0.05) is 36.1 Å². The Balaban J connectivity index is 0.00000484. The summed E-state index contributed by atoms with van der Waals surface area (Å²) in [6, 6.07) is 5.09. The van der Waals surface area contributed by atoms with Crippen molar-refractivity contribution >= 4 is 18.0 Å². The average Bonchev–Trinajstić information content (AvgIpc) is 2.36. The summed E-state index contributed by atoms with van der Waals surface area (Å²) in [4.78, 5) is 2.12. The highest BCUT2D eigenvalue weighted by atomic mass is 35.5. The first-order valence-electron chi connectivity index (χ1n) is 7.49. The van der Waals surface area contributed by atoms with Gasteiger partial charge in [-0.2, -0.15) is 0 Å². The Morgan fingerprint density at radius 2 is 1.96 bits per heavy atom. The molecule has 0 saturated heterocycles. The first-order chi connectivity index (χ1) is 10.2. The van der Waals surface area contributed by atoms with Crippen molar-refractivity contribution in [3.05, 3.63) is 53.9 Å². The van der Waals surface area contributed by atoms with Gasteiger partial charge in [-0.15, -0.1) is 12.4 Å². The molecule has 23 heavy (non-hydrogen) atoms. The van der Waals surface area contributed by atoms with Gasteiger partial charge in [0.25, 0.3) is 0 Å². The minimum absolute atomic E-state index is 0. The van der Waals surface area contributed by atoms with Crippen LogP contribution in [0.4, 0.5) is 4.39 Å². The zero-order valence-corrected chi connectivity index (χ0v) is 15.6. The number of rotatable bonds is 5. The van der Waals surface area contributed by atoms with Crippen molar-refractivity contribution in [2.75, 3.05) is 13.6 Å². The molecule has 0 unspecified atom stereocenters. The molecule has 1 aromatic carbocycles. The molecule has 0 aliphatic carbocycles. The number of nitrogens with zero attached hydrogens (tertiary/aromatic N) is 1. The van der Waals surface area contributed by atoms with Crippen molar-refractivity contribution in [2.24, 2.45) is 5.41 Å². The van der Waals surface area contributed by atoms with Crippen molar-refractivity contribution in [1.82, 2.24) is 4.90 Å². The second-order valence-electron chi connectivity index (χ2n) is 6.75. The molecule has 0 amide bonds. The predicted octanol–water partition coefficient (Wildman–Crippen LogP) is 5.32. The van der Waals surface area contributed by atoms with Crippen LogP contribution in [0, 0.1) is 23.1 Å². The molecule has 0 saturated carbocycles. The fourth-order valence-corrected chi connectivity index (χ4v) is 1.91. The third kappa shape index (κ3) is 9.23. The van der Waals surface area contributed by atoms with E-state index in [1.54, 1.807) is 6.07 Å². The van der Waals surface area contributed by atoms with E-state index < -0.39 is 0 Å². The Labute approximate surface area is 146 Å². The Kier molecular flexibility index (Phi) is 8.90. The van der Waals surface area contributed by atoms with Crippen molar-refractivity contribution in [3.63, 3.8) is 0 Å². The van der Waals surface area contributed by atoms with Gasteiger partial charge in [-0.3, -0.25) is 4.90 Å². The Morgan fingerprint density at radius 3 is 2.52 bits per heavy atom. The Hall–Kier alpha value is -1.56. The quantitative estimate of drug-likeness (QED) is 0.658. The number of hydrogen-bond donors (Lipinski definition) is 0. The highest BCUT2D eigenvalue weighted by molar-refractivity contribution is 5.85. The topological polar surface area (TPSA) is 3.24 Å². The van der Waals surface area contributed by atoms with Gasteiger partial charge in [0.2, 0.25) is 0 Å². The molecule has 0 radical (unpaired) electrons. The summed E-state index contributed by atoms with van der Waals surface area (Å²) < 4.78 is 13.6. The Morgan fingerprint density at radius 1 is 1.30 bits per heavy atom. The monoisotopic (exact) mass is 335 g/mol. The van der Waals surface area contributed by atoms with Gasteiger partial charge in [0.05, 0.1) is 0 Å². The van der Waals surface area contributed by atoms with Crippen molar-refractivity contribution in [1.29, 1.82) is 0 Å². The number of benzene rings is 1. The highest BCUT2D eigenvalue weighted by Gasteiger charge is 2.04. The van der Waals surface area contributed by atoms with E-state index in [0.29, 0.717) is 6.54 Å². The van der Waals surface area contributed by atoms with Gasteiger partial charge in [0.15, 0.2) is 0 Å². The Bertz CT molecular complexity index is 615. The van der Waals surface area contributed by atoms with Gasteiger partial charge in [0.1, 0.15) is 5.82 Å². The van der Waals surface area contributed by atoms with Gasteiger partial charge >= 0.3 is 0 Å². The molecule has 0 aromatic heterocycles. The van der Waals surface area contributed by atoms with E-state index in [4.69, 9.17) is 0 Å². The van der Waals surface area contributed by atoms with Crippen molar-refractivity contribution in [3.8, 4) is 11.8 Å². The zero-order chi connectivity index (χ0) is 16.8. The molecule has 1 rings (SSSR count). The van der Waals surface area contributed by atoms with Crippen LogP contribution in [0.3, 0.4) is 0 Å². The van der Waals surface area contributed by atoms with Crippen LogP contribution in [-0.4, -0.2) is 18.5 Å². The summed E-state index contributed by atoms with van der Waals surface area (Å²) >= 11 is 0. The van der Waals surface area contributed by atoms with Crippen LogP contribution in [0.2, 0.25) is 0 Å². The van der Waals surface area contributed by atoms with E-state index in [9.17, 15) is 4.39 Å². The largest absolute Gasteiger partial charge is 0.298 e. The van der Waals surface area contributed by atoms with E-state index in [1.807, 2.05) is 32.2 Å². The van der Waals surface area contributed by atoms with E-state index in [1.165, 1.54) is 6.07 Å². The SMILES string of the molecule is C=C(C)c1cc(F)cc(CN(C)CC=CC#CC(C)(C)C)c1.Cl. The third-order valence-electron chi connectivity index (χ3n) is 2.97. The summed E-state index contributed by atoms with van der Waals surface area (Å²) in [5.74, 6) is 5.99. The van der Waals surface area contributed by atoms with Gasteiger partial charge < -0.3 is 0 Å². The van der Waals surface area contributed by atoms with Gasteiger partial charge in [0, 0.05) is 18.5 Å². The minimum Gasteiger partial charge on any atom is -0.298 e. The first-order valence-corrected chi connectivity index (χ1v) is 7.49. The molecule has 0 N–H and O–H groups in total. The van der Waals surface area contributed by atoms with Gasteiger partial charge in [-0.05, 0) is 64.1 Å². The van der Waals surface area contributed by atoms with Crippen LogP contribution in [0.1, 0.15) is 38.8 Å². The number of likely N-dealkylation sites (N-methyl/N-ethyl adjacent to an activating group) is 1. The van der Waals surface area contributed by atoms with Crippen LogP contribution < -0.4 is 0 Å². The van der Waals surface area contributed by atoms with Crippen LogP contribution in [0.5, 0.6) is 0 Å². The lowest BCUT2D eigenvalue weighted by molar-refractivity contribution is 0.362. The molecule has 0 aliphatic rings. The van der Waals surface area contributed by atoms with Crippen LogP contribution in [0.15, 0.2) is 36.9 Å². The van der Waals surface area contributed by atoms with Gasteiger partial charge in [-0.25, -0.2) is 4.39 Å². The molecule has 3 heteroatoms. The molecule has 0 atom stereocenters. The summed E-state index contributed by atoms with van der Waals surface area (Å²) in [5, 5.41) is 0. The van der Waals surface area contributed by atoms with E-state index in [0.717, 1.165) is 23.2 Å². The summed E-state index contributed by atoms with van der Waals surface area (Å²) in [6.07, 6.45) is 3.91. The molecule has 0 aliphatic heterocycles. The van der Waals surface area contributed by atoms with Crippen LogP contribution >= 0.6 is 12.4 Å². The lowest BCUT2D eigenvalue weighted by Gasteiger charge is -2.15. The average molecular weight is 336 g/mol. The number of allylic oxidation sites excluding steroid dienone is 2. The maximum atomic E-state index is 13.6. The first kappa shape index (κ1) is 21.4. The normalized spacial score (nSPS) is 11.1. The summed E-state index contributed by atoms with van der Waals surface area (Å²) in [6.45, 7) is 13.5. The van der Waals surface area contributed by atoms with E-state index in [-0.39, 0.29) is 23.6 Å². The smallest absolute Gasteiger partial charge is 0.124 e. The standard InChI is InChI=1S/C20H26FN.ClH/c1-16(2)18-12-17(13-19(21)14-18)15-22(6)11-9-7-8-10-20(3,4)5;/h7,9,12-14H,1,11,15H2,2-6H3;1H. The molecule has 1 aromatic rings. The zero-order valence-electron chi connectivity index (χ0n) is 14.7. The lowest BCUT2D eigenvalue weighted by Crippen LogP contribution is -2.17. The predicted molar refractivity (Wildman–Crippen MR) is 101 cm³/mol. The summed E-state index contributed by atoms with van der Waals surface area (Å²) in [7, 11) is 2.01. The molecule has 0 bridgehead atoms. The molecule has 126 valence electrons. The van der Waals surface area contributed by atoms with Crippen molar-refractivity contribution in [2.45, 2.75) is 34.2 Å². The second-order valence-corrected chi connectivity index (χ2v) is 6.75. The summed E-state index contributed by atoms with van der Waals surface area (Å²) in [5.41, 5.74) is 2.71. The second kappa shape index (κ2) is 9.55. The molecular weight excluding hydrogens is 309 g/mol. The van der Waals surface area contributed by atoms with E-state index in [2.05, 4.69) is 44.1 Å². The van der Waals surface area contributed by atoms with Crippen LogP contribution in [-0.2, 0) is 6.54 Å². The number of halogens is 2. The third-order valence-corrected chi connectivity index (χ3v) is 2.97. The highest BCUT2D eigenvalue weighted by Crippen LogP contribution is 2.17. The van der Waals surface area contributed by atoms with Crippen LogP contribution in [0.25, 0.3) is 5.57 Å². The number of hydrogen-bond acceptors (Lipinski definition) is 1. The maximum Gasteiger partial charge on any atom is 0.124 e. The molecule has 0 heterocycles.